The molecule has 3 aromatic rings. The molecular formula is C21H22ClN5O4S. The van der Waals surface area contributed by atoms with E-state index in [0.29, 0.717) is 15.8 Å². The lowest BCUT2D eigenvalue weighted by atomic mass is 10.1. The SMILES string of the molecule is CC(C)(C)OC(=O)c1ccccc1NS(=O)(=O)c1ccc2c(Cl)cnc(N=CNN)c2c1. The summed E-state index contributed by atoms with van der Waals surface area (Å²) >= 11 is 6.20. The van der Waals surface area contributed by atoms with Crippen molar-refractivity contribution in [1.82, 2.24) is 10.4 Å². The maximum atomic E-state index is 13.1. The molecule has 0 fully saturated rings. The lowest BCUT2D eigenvalue weighted by molar-refractivity contribution is 0.00708. The minimum absolute atomic E-state index is 0.0646. The third kappa shape index (κ3) is 5.34. The Morgan fingerprint density at radius 2 is 1.91 bits per heavy atom. The number of fused-ring (bicyclic) bond motifs is 1. The van der Waals surface area contributed by atoms with Gasteiger partial charge in [-0.25, -0.2) is 29.0 Å². The molecule has 4 N–H and O–H groups in total. The fraction of sp³-hybridized carbons (Fsp3) is 0.190. The van der Waals surface area contributed by atoms with Crippen molar-refractivity contribution in [1.29, 1.82) is 0 Å². The van der Waals surface area contributed by atoms with Gasteiger partial charge in [-0.05, 0) is 45.0 Å². The van der Waals surface area contributed by atoms with Gasteiger partial charge in [0.15, 0.2) is 5.82 Å². The van der Waals surface area contributed by atoms with Crippen LogP contribution >= 0.6 is 11.6 Å². The maximum Gasteiger partial charge on any atom is 0.340 e. The number of para-hydroxylation sites is 1. The Bertz CT molecular complexity index is 1300. The molecule has 0 atom stereocenters. The molecule has 0 amide bonds. The molecule has 32 heavy (non-hydrogen) atoms. The fourth-order valence-electron chi connectivity index (χ4n) is 2.83. The van der Waals surface area contributed by atoms with Gasteiger partial charge in [-0.3, -0.25) is 4.72 Å². The summed E-state index contributed by atoms with van der Waals surface area (Å²) < 4.78 is 34.1. The number of esters is 1. The number of rotatable bonds is 6. The minimum atomic E-state index is -4.08. The van der Waals surface area contributed by atoms with Gasteiger partial charge in [-0.15, -0.1) is 0 Å². The molecule has 9 nitrogen and oxygen atoms in total. The molecule has 0 radical (unpaired) electrons. The molecule has 1 aromatic heterocycles. The Balaban J connectivity index is 2.03. The molecule has 11 heteroatoms. The third-order valence-electron chi connectivity index (χ3n) is 4.15. The van der Waals surface area contributed by atoms with Crippen LogP contribution in [0.3, 0.4) is 0 Å². The highest BCUT2D eigenvalue weighted by molar-refractivity contribution is 7.92. The lowest BCUT2D eigenvalue weighted by Crippen LogP contribution is -2.25. The number of pyridine rings is 1. The first-order chi connectivity index (χ1) is 15.0. The summed E-state index contributed by atoms with van der Waals surface area (Å²) in [6.07, 6.45) is 2.63. The second-order valence-corrected chi connectivity index (χ2v) is 9.80. The Morgan fingerprint density at radius 1 is 1.19 bits per heavy atom. The first-order valence-corrected chi connectivity index (χ1v) is 11.3. The van der Waals surface area contributed by atoms with Crippen LogP contribution in [0.5, 0.6) is 0 Å². The highest BCUT2D eigenvalue weighted by Crippen LogP contribution is 2.32. The van der Waals surface area contributed by atoms with E-state index in [1.165, 1.54) is 36.8 Å². The predicted octanol–water partition coefficient (Wildman–Crippen LogP) is 3.77. The number of nitrogens with two attached hydrogens (primary N) is 1. The van der Waals surface area contributed by atoms with Crippen LogP contribution in [0, 0.1) is 0 Å². The minimum Gasteiger partial charge on any atom is -0.456 e. The molecule has 168 valence electrons. The van der Waals surface area contributed by atoms with Crippen molar-refractivity contribution in [3.63, 3.8) is 0 Å². The van der Waals surface area contributed by atoms with Crippen LogP contribution in [0.15, 0.2) is 58.5 Å². The number of sulfonamides is 1. The van der Waals surface area contributed by atoms with Crippen molar-refractivity contribution in [3.05, 3.63) is 59.2 Å². The number of nitrogens with one attached hydrogen (secondary N) is 2. The number of hydrazine groups is 1. The van der Waals surface area contributed by atoms with E-state index in [1.807, 2.05) is 0 Å². The average Bonchev–Trinajstić information content (AvgIpc) is 2.72. The van der Waals surface area contributed by atoms with Crippen LogP contribution in [0.25, 0.3) is 10.8 Å². The monoisotopic (exact) mass is 475 g/mol. The summed E-state index contributed by atoms with van der Waals surface area (Å²) in [5.41, 5.74) is 1.72. The van der Waals surface area contributed by atoms with Gasteiger partial charge in [0, 0.05) is 17.0 Å². The average molecular weight is 476 g/mol. The van der Waals surface area contributed by atoms with E-state index in [2.05, 4.69) is 20.1 Å². The summed E-state index contributed by atoms with van der Waals surface area (Å²) in [7, 11) is -4.08. The number of benzene rings is 2. The molecule has 1 heterocycles. The van der Waals surface area contributed by atoms with Crippen LogP contribution in [0.1, 0.15) is 31.1 Å². The number of carbonyl (C=O) groups excluding carboxylic acids is 1. The Kier molecular flexibility index (Phi) is 6.68. The van der Waals surface area contributed by atoms with E-state index in [-0.39, 0.29) is 22.0 Å². The smallest absolute Gasteiger partial charge is 0.340 e. The third-order valence-corrected chi connectivity index (χ3v) is 5.82. The van der Waals surface area contributed by atoms with Gasteiger partial charge in [0.05, 0.1) is 21.2 Å². The number of hydrogen-bond acceptors (Lipinski definition) is 7. The normalized spacial score (nSPS) is 12.2. The molecule has 0 aliphatic rings. The van der Waals surface area contributed by atoms with Crippen molar-refractivity contribution in [2.45, 2.75) is 31.3 Å². The Labute approximate surface area is 190 Å². The van der Waals surface area contributed by atoms with Crippen molar-refractivity contribution < 1.29 is 17.9 Å². The molecule has 2 aromatic carbocycles. The maximum absolute atomic E-state index is 13.1. The van der Waals surface area contributed by atoms with Crippen LogP contribution in [0.2, 0.25) is 5.02 Å². The van der Waals surface area contributed by atoms with E-state index < -0.39 is 21.6 Å². The largest absolute Gasteiger partial charge is 0.456 e. The summed E-state index contributed by atoms with van der Waals surface area (Å²) in [6.45, 7) is 5.19. The summed E-state index contributed by atoms with van der Waals surface area (Å²) in [6, 6.07) is 10.6. The quantitative estimate of drug-likeness (QED) is 0.162. The fourth-order valence-corrected chi connectivity index (χ4v) is 4.15. The Morgan fingerprint density at radius 3 is 2.59 bits per heavy atom. The zero-order chi connectivity index (χ0) is 23.5. The number of halogens is 1. The van der Waals surface area contributed by atoms with E-state index >= 15 is 0 Å². The number of ether oxygens (including phenoxy) is 1. The van der Waals surface area contributed by atoms with Gasteiger partial charge in [0.2, 0.25) is 0 Å². The molecule has 0 bridgehead atoms. The summed E-state index contributed by atoms with van der Waals surface area (Å²) in [4.78, 5) is 20.7. The second kappa shape index (κ2) is 9.11. The van der Waals surface area contributed by atoms with E-state index in [4.69, 9.17) is 22.2 Å². The molecule has 3 rings (SSSR count). The zero-order valence-electron chi connectivity index (χ0n) is 17.6. The molecule has 0 saturated heterocycles. The number of nitrogens with zero attached hydrogens (tertiary/aromatic N) is 2. The van der Waals surface area contributed by atoms with Crippen molar-refractivity contribution >= 4 is 56.2 Å². The molecule has 0 spiro atoms. The zero-order valence-corrected chi connectivity index (χ0v) is 19.2. The number of hydrogen-bond donors (Lipinski definition) is 3. The number of aliphatic imine (C=N–C) groups is 1. The molecule has 0 unspecified atom stereocenters. The topological polar surface area (TPSA) is 136 Å². The first-order valence-electron chi connectivity index (χ1n) is 9.44. The molecule has 0 saturated carbocycles. The summed E-state index contributed by atoms with van der Waals surface area (Å²) in [5.74, 6) is 4.80. The van der Waals surface area contributed by atoms with Gasteiger partial charge < -0.3 is 10.2 Å². The van der Waals surface area contributed by atoms with Crippen LogP contribution in [-0.4, -0.2) is 31.3 Å². The number of anilines is 1. The molecule has 0 aliphatic carbocycles. The van der Waals surface area contributed by atoms with Gasteiger partial charge in [-0.1, -0.05) is 29.8 Å². The standard InChI is InChI=1S/C21H22ClN5O4S/c1-21(2,3)31-20(28)15-6-4-5-7-18(15)27-32(29,30)13-8-9-14-16(10-13)19(25-12-26-23)24-11-17(14)22/h4-12,27H,23H2,1-3H3,(H,24,25,26). The lowest BCUT2D eigenvalue weighted by Gasteiger charge is -2.20. The second-order valence-electron chi connectivity index (χ2n) is 7.71. The van der Waals surface area contributed by atoms with Crippen LogP contribution in [0.4, 0.5) is 11.5 Å². The molecular weight excluding hydrogens is 454 g/mol. The predicted molar refractivity (Wildman–Crippen MR) is 125 cm³/mol. The van der Waals surface area contributed by atoms with E-state index in [0.717, 1.165) is 0 Å². The highest BCUT2D eigenvalue weighted by Gasteiger charge is 2.23. The summed E-state index contributed by atoms with van der Waals surface area (Å²) in [5, 5.41) is 1.32. The van der Waals surface area contributed by atoms with Gasteiger partial charge in [0.25, 0.3) is 10.0 Å². The van der Waals surface area contributed by atoms with E-state index in [9.17, 15) is 13.2 Å². The van der Waals surface area contributed by atoms with Crippen LogP contribution in [-0.2, 0) is 14.8 Å². The van der Waals surface area contributed by atoms with Crippen molar-refractivity contribution in [2.24, 2.45) is 10.8 Å². The highest BCUT2D eigenvalue weighted by atomic mass is 35.5. The number of aromatic nitrogens is 1. The Hall–Kier alpha value is -3.21. The van der Waals surface area contributed by atoms with Crippen molar-refractivity contribution in [3.8, 4) is 0 Å². The van der Waals surface area contributed by atoms with Gasteiger partial charge in [-0.2, -0.15) is 0 Å². The van der Waals surface area contributed by atoms with Gasteiger partial charge in [0.1, 0.15) is 11.9 Å². The van der Waals surface area contributed by atoms with Crippen molar-refractivity contribution in [2.75, 3.05) is 4.72 Å². The number of carbonyl (C=O) groups is 1. The van der Waals surface area contributed by atoms with Crippen LogP contribution < -0.4 is 16.0 Å². The van der Waals surface area contributed by atoms with Gasteiger partial charge >= 0.3 is 5.97 Å². The first kappa shape index (κ1) is 23.5. The molecule has 0 aliphatic heterocycles. The van der Waals surface area contributed by atoms with E-state index in [1.54, 1.807) is 39.0 Å².